The Morgan fingerprint density at radius 2 is 2.04 bits per heavy atom. The lowest BCUT2D eigenvalue weighted by molar-refractivity contribution is -0.152. The maximum atomic E-state index is 12.1. The van der Waals surface area contributed by atoms with Gasteiger partial charge >= 0.3 is 5.97 Å². The van der Waals surface area contributed by atoms with Crippen LogP contribution in [0, 0.1) is 6.92 Å². The third kappa shape index (κ3) is 5.89. The Hall–Kier alpha value is -2.31. The summed E-state index contributed by atoms with van der Waals surface area (Å²) in [5.74, 6) is -0.970. The largest absolute Gasteiger partial charge is 0.452 e. The summed E-state index contributed by atoms with van der Waals surface area (Å²) in [5.41, 5.74) is 2.15. The van der Waals surface area contributed by atoms with E-state index < -0.39 is 18.0 Å². The van der Waals surface area contributed by atoms with Crippen molar-refractivity contribution in [2.24, 2.45) is 0 Å². The highest BCUT2D eigenvalue weighted by Crippen LogP contribution is 2.20. The van der Waals surface area contributed by atoms with E-state index in [1.807, 2.05) is 19.1 Å². The molecule has 0 aliphatic heterocycles. The average molecular weight is 396 g/mol. The van der Waals surface area contributed by atoms with Crippen molar-refractivity contribution in [1.82, 2.24) is 4.98 Å². The zero-order chi connectivity index (χ0) is 19.1. The van der Waals surface area contributed by atoms with Crippen LogP contribution in [0.15, 0.2) is 36.5 Å². The summed E-state index contributed by atoms with van der Waals surface area (Å²) in [5, 5.41) is 6.47. The van der Waals surface area contributed by atoms with Crippen LogP contribution >= 0.6 is 23.2 Å². The molecule has 138 valence electrons. The smallest absolute Gasteiger partial charge is 0.308 e. The molecule has 2 aromatic rings. The maximum Gasteiger partial charge on any atom is 0.308 e. The van der Waals surface area contributed by atoms with E-state index in [2.05, 4.69) is 15.6 Å². The van der Waals surface area contributed by atoms with Crippen LogP contribution in [0.25, 0.3) is 0 Å². The van der Waals surface area contributed by atoms with Gasteiger partial charge in [0.1, 0.15) is 0 Å². The standard InChI is InChI=1S/C18H19Cl2N3O3/c1-11-5-6-13(10-14(11)19)21-9-7-16(24)26-12(2)18(25)23-15-4-3-8-22-17(15)20/h3-6,8,10,12,21H,7,9H2,1-2H3,(H,23,25)/t12-/m1/s1. The molecule has 1 aromatic heterocycles. The fourth-order valence-electron chi connectivity index (χ4n) is 2.03. The second-order valence-electron chi connectivity index (χ2n) is 5.60. The number of nitrogens with zero attached hydrogens (tertiary/aromatic N) is 1. The molecule has 2 rings (SSSR count). The number of halogens is 2. The predicted octanol–water partition coefficient (Wildman–Crippen LogP) is 4.07. The molecule has 1 aromatic carbocycles. The Balaban J connectivity index is 1.76. The molecule has 0 unspecified atom stereocenters. The quantitative estimate of drug-likeness (QED) is 0.545. The lowest BCUT2D eigenvalue weighted by Gasteiger charge is -2.14. The van der Waals surface area contributed by atoms with Gasteiger partial charge in [0, 0.05) is 23.5 Å². The average Bonchev–Trinajstić information content (AvgIpc) is 2.60. The number of aromatic nitrogens is 1. The first-order chi connectivity index (χ1) is 12.4. The summed E-state index contributed by atoms with van der Waals surface area (Å²) < 4.78 is 5.12. The predicted molar refractivity (Wildman–Crippen MR) is 103 cm³/mol. The van der Waals surface area contributed by atoms with Gasteiger partial charge in [-0.3, -0.25) is 9.59 Å². The zero-order valence-electron chi connectivity index (χ0n) is 14.4. The van der Waals surface area contributed by atoms with Gasteiger partial charge in [-0.05, 0) is 43.7 Å². The number of rotatable bonds is 7. The molecule has 1 heterocycles. The topological polar surface area (TPSA) is 80.3 Å². The van der Waals surface area contributed by atoms with Crippen molar-refractivity contribution in [3.8, 4) is 0 Å². The molecule has 8 heteroatoms. The first-order valence-corrected chi connectivity index (χ1v) is 8.73. The molecule has 26 heavy (non-hydrogen) atoms. The first kappa shape index (κ1) is 20.0. The third-order valence-electron chi connectivity index (χ3n) is 3.52. The minimum atomic E-state index is -0.951. The Kier molecular flexibility index (Phi) is 7.24. The number of esters is 1. The highest BCUT2D eigenvalue weighted by atomic mass is 35.5. The molecular weight excluding hydrogens is 377 g/mol. The number of anilines is 2. The zero-order valence-corrected chi connectivity index (χ0v) is 15.9. The minimum absolute atomic E-state index is 0.108. The number of amides is 1. The minimum Gasteiger partial charge on any atom is -0.452 e. The molecule has 1 atom stereocenters. The lowest BCUT2D eigenvalue weighted by Crippen LogP contribution is -2.30. The fraction of sp³-hybridized carbons (Fsp3) is 0.278. The summed E-state index contributed by atoms with van der Waals surface area (Å²) in [6.07, 6.45) is 0.666. The number of hydrogen-bond donors (Lipinski definition) is 2. The number of hydrogen-bond acceptors (Lipinski definition) is 5. The Morgan fingerprint density at radius 1 is 1.27 bits per heavy atom. The van der Waals surface area contributed by atoms with Crippen molar-refractivity contribution < 1.29 is 14.3 Å². The van der Waals surface area contributed by atoms with Crippen LogP contribution in [-0.4, -0.2) is 29.5 Å². The molecule has 0 spiro atoms. The number of pyridine rings is 1. The van der Waals surface area contributed by atoms with Crippen molar-refractivity contribution in [3.63, 3.8) is 0 Å². The van der Waals surface area contributed by atoms with E-state index in [-0.39, 0.29) is 11.6 Å². The molecule has 0 aliphatic rings. The first-order valence-electron chi connectivity index (χ1n) is 7.97. The van der Waals surface area contributed by atoms with Crippen molar-refractivity contribution in [2.45, 2.75) is 26.4 Å². The number of nitrogens with one attached hydrogen (secondary N) is 2. The normalized spacial score (nSPS) is 11.5. The number of carbonyl (C=O) groups excluding carboxylic acids is 2. The van der Waals surface area contributed by atoms with Crippen molar-refractivity contribution in [3.05, 3.63) is 52.3 Å². The van der Waals surface area contributed by atoms with Crippen LogP contribution in [0.2, 0.25) is 10.2 Å². The SMILES string of the molecule is Cc1ccc(NCCC(=O)O[C@H](C)C(=O)Nc2cccnc2Cl)cc1Cl. The van der Waals surface area contributed by atoms with E-state index in [4.69, 9.17) is 27.9 Å². The molecule has 1 amide bonds. The monoisotopic (exact) mass is 395 g/mol. The van der Waals surface area contributed by atoms with Gasteiger partial charge in [-0.25, -0.2) is 4.98 Å². The van der Waals surface area contributed by atoms with Crippen LogP contribution < -0.4 is 10.6 Å². The number of carbonyl (C=O) groups is 2. The van der Waals surface area contributed by atoms with Gasteiger partial charge in [-0.2, -0.15) is 0 Å². The van der Waals surface area contributed by atoms with E-state index >= 15 is 0 Å². The van der Waals surface area contributed by atoms with Crippen LogP contribution in [0.1, 0.15) is 18.9 Å². The number of ether oxygens (including phenoxy) is 1. The molecule has 0 aliphatic carbocycles. The fourth-order valence-corrected chi connectivity index (χ4v) is 2.38. The van der Waals surface area contributed by atoms with Crippen LogP contribution in [0.3, 0.4) is 0 Å². The second kappa shape index (κ2) is 9.40. The molecule has 0 saturated heterocycles. The van der Waals surface area contributed by atoms with E-state index in [1.165, 1.54) is 13.1 Å². The molecule has 6 nitrogen and oxygen atoms in total. The van der Waals surface area contributed by atoms with Crippen molar-refractivity contribution >= 4 is 46.5 Å². The molecule has 2 N–H and O–H groups in total. The van der Waals surface area contributed by atoms with Gasteiger partial charge in [-0.1, -0.05) is 29.3 Å². The molecular formula is C18H19Cl2N3O3. The second-order valence-corrected chi connectivity index (χ2v) is 6.37. The van der Waals surface area contributed by atoms with E-state index in [1.54, 1.807) is 18.2 Å². The molecule has 0 saturated carbocycles. The van der Waals surface area contributed by atoms with Gasteiger partial charge in [0.05, 0.1) is 12.1 Å². The Labute approximate surface area is 161 Å². The number of benzene rings is 1. The van der Waals surface area contributed by atoms with E-state index in [0.29, 0.717) is 17.3 Å². The van der Waals surface area contributed by atoms with Crippen LogP contribution in [0.4, 0.5) is 11.4 Å². The van der Waals surface area contributed by atoms with Crippen molar-refractivity contribution in [2.75, 3.05) is 17.2 Å². The van der Waals surface area contributed by atoms with Gasteiger partial charge in [-0.15, -0.1) is 0 Å². The van der Waals surface area contributed by atoms with Gasteiger partial charge < -0.3 is 15.4 Å². The van der Waals surface area contributed by atoms with Gasteiger partial charge in [0.15, 0.2) is 11.3 Å². The highest BCUT2D eigenvalue weighted by Gasteiger charge is 2.18. The summed E-state index contributed by atoms with van der Waals surface area (Å²) in [6, 6.07) is 8.80. The van der Waals surface area contributed by atoms with Crippen molar-refractivity contribution in [1.29, 1.82) is 0 Å². The van der Waals surface area contributed by atoms with Crippen LogP contribution in [0.5, 0.6) is 0 Å². The molecule has 0 bridgehead atoms. The Morgan fingerprint density at radius 3 is 2.73 bits per heavy atom. The number of aryl methyl sites for hydroxylation is 1. The summed E-state index contributed by atoms with van der Waals surface area (Å²) in [4.78, 5) is 27.8. The van der Waals surface area contributed by atoms with Gasteiger partial charge in [0.2, 0.25) is 0 Å². The van der Waals surface area contributed by atoms with Gasteiger partial charge in [0.25, 0.3) is 5.91 Å². The molecule has 0 fully saturated rings. The summed E-state index contributed by atoms with van der Waals surface area (Å²) in [6.45, 7) is 3.76. The van der Waals surface area contributed by atoms with Crippen LogP contribution in [-0.2, 0) is 14.3 Å². The summed E-state index contributed by atoms with van der Waals surface area (Å²) >= 11 is 11.9. The maximum absolute atomic E-state index is 12.1. The molecule has 0 radical (unpaired) electrons. The van der Waals surface area contributed by atoms with E-state index in [9.17, 15) is 9.59 Å². The van der Waals surface area contributed by atoms with E-state index in [0.717, 1.165) is 11.3 Å². The summed E-state index contributed by atoms with van der Waals surface area (Å²) in [7, 11) is 0. The Bertz CT molecular complexity index is 799. The highest BCUT2D eigenvalue weighted by molar-refractivity contribution is 6.32. The lowest BCUT2D eigenvalue weighted by atomic mass is 10.2. The third-order valence-corrected chi connectivity index (χ3v) is 4.23.